The van der Waals surface area contributed by atoms with Gasteiger partial charge >= 0.3 is 0 Å². The zero-order valence-corrected chi connectivity index (χ0v) is 24.5. The first-order valence-corrected chi connectivity index (χ1v) is 13.8. The zero-order chi connectivity index (χ0) is 30.1. The van der Waals surface area contributed by atoms with Gasteiger partial charge in [-0.1, -0.05) is 36.4 Å². The Morgan fingerprint density at radius 1 is 1.14 bits per heavy atom. The molecule has 0 radical (unpaired) electrons. The number of anilines is 1. The molecule has 4 rings (SSSR count). The number of aliphatic imine (C=N–C) groups is 2. The van der Waals surface area contributed by atoms with Crippen LogP contribution in [0.5, 0.6) is 11.5 Å². The Hall–Kier alpha value is -4.92. The maximum Gasteiger partial charge on any atom is 0.247 e. The Labute approximate surface area is 246 Å². The number of ether oxygens (including phenoxy) is 2. The first-order valence-electron chi connectivity index (χ1n) is 13.8. The molecular weight excluding hydrogens is 530 g/mol. The van der Waals surface area contributed by atoms with E-state index in [0.717, 1.165) is 18.3 Å². The molecule has 1 aliphatic rings. The summed E-state index contributed by atoms with van der Waals surface area (Å²) in [6, 6.07) is 13.7. The van der Waals surface area contributed by atoms with E-state index >= 15 is 0 Å². The fourth-order valence-corrected chi connectivity index (χ4v) is 4.69. The highest BCUT2D eigenvalue weighted by Crippen LogP contribution is 2.35. The number of amides is 1. The standard InChI is InChI=1S/C33H37N5O4/c1-23-16-24(21-37(23)2)10-5-8-13-32(34)36-33(40)14-9-15-42-31-19-28(26(22-39)18-30(31)41-4)35-20-27-17-25-11-6-7-12-29(25)38(27)3/h5-8,10-13,16,18-22,27H,9,14-15,17H2,1-4H3,(H2,34,36,40)/b10-5+,13-8-,35-20?. The number of methoxy groups -OCH3 is 1. The van der Waals surface area contributed by atoms with Gasteiger partial charge < -0.3 is 24.7 Å². The summed E-state index contributed by atoms with van der Waals surface area (Å²) in [5.74, 6) is 0.661. The monoisotopic (exact) mass is 567 g/mol. The van der Waals surface area contributed by atoms with Crippen LogP contribution in [0.25, 0.3) is 6.08 Å². The molecule has 0 spiro atoms. The third kappa shape index (κ3) is 7.63. The van der Waals surface area contributed by atoms with Gasteiger partial charge in [0.15, 0.2) is 17.8 Å². The van der Waals surface area contributed by atoms with E-state index in [1.807, 2.05) is 62.3 Å². The minimum atomic E-state index is -0.335. The third-order valence-electron chi connectivity index (χ3n) is 7.11. The van der Waals surface area contributed by atoms with E-state index in [1.54, 1.807) is 24.3 Å². The van der Waals surface area contributed by atoms with Gasteiger partial charge in [-0.15, -0.1) is 0 Å². The van der Waals surface area contributed by atoms with Crippen LogP contribution in [0.1, 0.15) is 40.0 Å². The Balaban J connectivity index is 1.31. The molecule has 1 aromatic heterocycles. The van der Waals surface area contributed by atoms with E-state index in [2.05, 4.69) is 33.1 Å². The number of carbonyl (C=O) groups is 2. The van der Waals surface area contributed by atoms with E-state index in [4.69, 9.17) is 15.2 Å². The highest BCUT2D eigenvalue weighted by atomic mass is 16.5. The normalized spacial score (nSPS) is 15.2. The maximum atomic E-state index is 12.3. The zero-order valence-electron chi connectivity index (χ0n) is 24.5. The molecule has 2 heterocycles. The van der Waals surface area contributed by atoms with Crippen LogP contribution in [0.3, 0.4) is 0 Å². The van der Waals surface area contributed by atoms with Crippen molar-refractivity contribution in [2.45, 2.75) is 32.2 Å². The summed E-state index contributed by atoms with van der Waals surface area (Å²) >= 11 is 0. The number of rotatable bonds is 12. The van der Waals surface area contributed by atoms with Crippen molar-refractivity contribution < 1.29 is 19.1 Å². The van der Waals surface area contributed by atoms with Crippen LogP contribution in [-0.2, 0) is 18.3 Å². The van der Waals surface area contributed by atoms with Crippen molar-refractivity contribution in [3.8, 4) is 11.5 Å². The first kappa shape index (κ1) is 30.0. The number of aldehydes is 1. The Bertz CT molecular complexity index is 1530. The van der Waals surface area contributed by atoms with Crippen molar-refractivity contribution in [3.05, 3.63) is 89.3 Å². The molecule has 0 aliphatic carbocycles. The van der Waals surface area contributed by atoms with Crippen molar-refractivity contribution >= 4 is 41.7 Å². The van der Waals surface area contributed by atoms with Gasteiger partial charge in [0.1, 0.15) is 5.84 Å². The van der Waals surface area contributed by atoms with E-state index in [9.17, 15) is 9.59 Å². The second kappa shape index (κ2) is 14.1. The molecule has 1 atom stereocenters. The minimum absolute atomic E-state index is 0.0753. The molecule has 9 heteroatoms. The van der Waals surface area contributed by atoms with Crippen LogP contribution < -0.4 is 20.1 Å². The molecule has 0 fully saturated rings. The molecule has 2 N–H and O–H groups in total. The van der Waals surface area contributed by atoms with Gasteiger partial charge in [-0.3, -0.25) is 14.6 Å². The molecule has 0 saturated carbocycles. The highest BCUT2D eigenvalue weighted by molar-refractivity contribution is 6.00. The van der Waals surface area contributed by atoms with E-state index in [0.29, 0.717) is 29.2 Å². The number of hydrogen-bond donors (Lipinski definition) is 1. The molecular formula is C33H37N5O4. The maximum absolute atomic E-state index is 12.3. The number of allylic oxidation sites excluding steroid dienone is 2. The van der Waals surface area contributed by atoms with Crippen LogP contribution in [0.2, 0.25) is 0 Å². The summed E-state index contributed by atoms with van der Waals surface area (Å²) in [4.78, 5) is 34.8. The van der Waals surface area contributed by atoms with Gasteiger partial charge in [-0.05, 0) is 55.2 Å². The second-order valence-corrected chi connectivity index (χ2v) is 10.1. The number of nitrogens with two attached hydrogens (primary N) is 1. The van der Waals surface area contributed by atoms with Crippen LogP contribution in [0, 0.1) is 6.92 Å². The van der Waals surface area contributed by atoms with Crippen molar-refractivity contribution in [1.82, 2.24) is 4.57 Å². The molecule has 1 amide bonds. The predicted molar refractivity (Wildman–Crippen MR) is 169 cm³/mol. The lowest BCUT2D eigenvalue weighted by Crippen LogP contribution is -2.28. The topological polar surface area (TPSA) is 112 Å². The van der Waals surface area contributed by atoms with Crippen LogP contribution in [0.4, 0.5) is 11.4 Å². The number of carbonyl (C=O) groups excluding carboxylic acids is 2. The number of para-hydroxylation sites is 1. The van der Waals surface area contributed by atoms with E-state index in [1.165, 1.54) is 24.1 Å². The number of aryl methyl sites for hydroxylation is 2. The molecule has 218 valence electrons. The molecule has 3 aromatic rings. The molecule has 9 nitrogen and oxygen atoms in total. The quantitative estimate of drug-likeness (QED) is 0.105. The number of likely N-dealkylation sites (N-methyl/N-ethyl adjacent to an activating group) is 1. The smallest absolute Gasteiger partial charge is 0.247 e. The average Bonchev–Trinajstić information content (AvgIpc) is 3.48. The number of amidine groups is 1. The Kier molecular flexibility index (Phi) is 10.1. The van der Waals surface area contributed by atoms with Gasteiger partial charge in [0.05, 0.1) is 25.4 Å². The van der Waals surface area contributed by atoms with E-state index < -0.39 is 0 Å². The number of fused-ring (bicyclic) bond motifs is 1. The second-order valence-electron chi connectivity index (χ2n) is 10.1. The van der Waals surface area contributed by atoms with Crippen molar-refractivity contribution in [1.29, 1.82) is 0 Å². The first-order chi connectivity index (χ1) is 20.3. The average molecular weight is 568 g/mol. The number of aromatic nitrogens is 1. The minimum Gasteiger partial charge on any atom is -0.493 e. The summed E-state index contributed by atoms with van der Waals surface area (Å²) in [6.45, 7) is 2.28. The van der Waals surface area contributed by atoms with Crippen molar-refractivity contribution in [2.24, 2.45) is 22.8 Å². The summed E-state index contributed by atoms with van der Waals surface area (Å²) in [7, 11) is 5.53. The molecule has 0 bridgehead atoms. The Morgan fingerprint density at radius 3 is 2.67 bits per heavy atom. The summed E-state index contributed by atoms with van der Waals surface area (Å²) in [5.41, 5.74) is 11.4. The Morgan fingerprint density at radius 2 is 1.95 bits per heavy atom. The lowest BCUT2D eigenvalue weighted by molar-refractivity contribution is -0.118. The van der Waals surface area contributed by atoms with Crippen LogP contribution in [-0.4, -0.2) is 55.6 Å². The lowest BCUT2D eigenvalue weighted by atomic mass is 10.1. The van der Waals surface area contributed by atoms with Crippen LogP contribution >= 0.6 is 0 Å². The fraction of sp³-hybridized carbons (Fsp3) is 0.273. The molecule has 2 aromatic carbocycles. The fourth-order valence-electron chi connectivity index (χ4n) is 4.69. The number of benzene rings is 2. The summed E-state index contributed by atoms with van der Waals surface area (Å²) < 4.78 is 13.4. The molecule has 1 aliphatic heterocycles. The van der Waals surface area contributed by atoms with Gasteiger partial charge in [0.25, 0.3) is 0 Å². The van der Waals surface area contributed by atoms with Crippen molar-refractivity contribution in [3.63, 3.8) is 0 Å². The van der Waals surface area contributed by atoms with Gasteiger partial charge in [0.2, 0.25) is 5.91 Å². The molecule has 0 saturated heterocycles. The summed E-state index contributed by atoms with van der Waals surface area (Å²) in [6.07, 6.45) is 13.2. The largest absolute Gasteiger partial charge is 0.493 e. The summed E-state index contributed by atoms with van der Waals surface area (Å²) in [5, 5.41) is 0. The highest BCUT2D eigenvalue weighted by Gasteiger charge is 2.24. The number of nitrogens with zero attached hydrogens (tertiary/aromatic N) is 4. The lowest BCUT2D eigenvalue weighted by Gasteiger charge is -2.19. The van der Waals surface area contributed by atoms with Gasteiger partial charge in [-0.2, -0.15) is 4.99 Å². The number of hydrogen-bond acceptors (Lipinski definition) is 6. The van der Waals surface area contributed by atoms with Gasteiger partial charge in [0, 0.05) is 55.9 Å². The van der Waals surface area contributed by atoms with Crippen LogP contribution in [0.15, 0.2) is 76.9 Å². The SMILES string of the molecule is COc1cc(C=O)c(N=CC2Cc3ccccc3N2C)cc1OCCCC(=O)N=C(N)/C=C\C=C\c1cc(C)n(C)c1. The van der Waals surface area contributed by atoms with Gasteiger partial charge in [-0.25, -0.2) is 0 Å². The predicted octanol–water partition coefficient (Wildman–Crippen LogP) is 5.23. The molecule has 42 heavy (non-hydrogen) atoms. The van der Waals surface area contributed by atoms with E-state index in [-0.39, 0.29) is 30.8 Å². The van der Waals surface area contributed by atoms with Crippen molar-refractivity contribution in [2.75, 3.05) is 25.7 Å². The molecule has 1 unspecified atom stereocenters. The third-order valence-corrected chi connectivity index (χ3v) is 7.11.